The number of methoxy groups -OCH3 is 1. The van der Waals surface area contributed by atoms with E-state index in [9.17, 15) is 0 Å². The average Bonchev–Trinajstić information content (AvgIpc) is 2.61. The quantitative estimate of drug-likeness (QED) is 0.867. The zero-order valence-electron chi connectivity index (χ0n) is 14.6. The first-order valence-corrected chi connectivity index (χ1v) is 9.06. The molecule has 0 spiro atoms. The maximum atomic E-state index is 5.73. The van der Waals surface area contributed by atoms with Crippen molar-refractivity contribution >= 4 is 5.69 Å². The van der Waals surface area contributed by atoms with Crippen molar-refractivity contribution in [3.05, 3.63) is 17.7 Å². The van der Waals surface area contributed by atoms with Crippen molar-refractivity contribution in [1.29, 1.82) is 0 Å². The molecule has 0 saturated heterocycles. The molecule has 4 heteroatoms. The second-order valence-electron chi connectivity index (χ2n) is 6.83. The summed E-state index contributed by atoms with van der Waals surface area (Å²) in [5.74, 6) is 1.71. The number of benzene rings is 1. The SMILES string of the molecule is COc1cc(CCCN(C)C2CCCCC2)cc2c1OCCN2. The Hall–Kier alpha value is -1.42. The maximum absolute atomic E-state index is 5.73. The minimum Gasteiger partial charge on any atom is -0.493 e. The van der Waals surface area contributed by atoms with E-state index in [1.807, 2.05) is 0 Å². The second-order valence-corrected chi connectivity index (χ2v) is 6.83. The Morgan fingerprint density at radius 1 is 1.26 bits per heavy atom. The number of aryl methyl sites for hydroxylation is 1. The van der Waals surface area contributed by atoms with E-state index >= 15 is 0 Å². The predicted octanol–water partition coefficient (Wildman–Crippen LogP) is 3.70. The Kier molecular flexibility index (Phi) is 5.65. The molecule has 1 saturated carbocycles. The lowest BCUT2D eigenvalue weighted by molar-refractivity contribution is 0.190. The molecule has 1 aromatic carbocycles. The van der Waals surface area contributed by atoms with Gasteiger partial charge in [0.1, 0.15) is 6.61 Å². The molecule has 1 N–H and O–H groups in total. The third-order valence-corrected chi connectivity index (χ3v) is 5.17. The van der Waals surface area contributed by atoms with Gasteiger partial charge in [-0.2, -0.15) is 0 Å². The minimum absolute atomic E-state index is 0.703. The summed E-state index contributed by atoms with van der Waals surface area (Å²) in [4.78, 5) is 2.57. The monoisotopic (exact) mass is 318 g/mol. The van der Waals surface area contributed by atoms with Gasteiger partial charge in [-0.25, -0.2) is 0 Å². The maximum Gasteiger partial charge on any atom is 0.184 e. The first-order valence-electron chi connectivity index (χ1n) is 9.06. The van der Waals surface area contributed by atoms with Crippen molar-refractivity contribution in [2.45, 2.75) is 51.0 Å². The normalized spacial score (nSPS) is 18.2. The van der Waals surface area contributed by atoms with Crippen molar-refractivity contribution in [1.82, 2.24) is 4.90 Å². The summed E-state index contributed by atoms with van der Waals surface area (Å²) in [5, 5.41) is 3.41. The number of nitrogens with zero attached hydrogens (tertiary/aromatic N) is 1. The molecule has 4 nitrogen and oxygen atoms in total. The molecular weight excluding hydrogens is 288 g/mol. The van der Waals surface area contributed by atoms with Crippen molar-refractivity contribution < 1.29 is 9.47 Å². The molecular formula is C19H30N2O2. The van der Waals surface area contributed by atoms with Crippen LogP contribution in [0.25, 0.3) is 0 Å². The summed E-state index contributed by atoms with van der Waals surface area (Å²) in [6.07, 6.45) is 9.27. The van der Waals surface area contributed by atoms with E-state index in [2.05, 4.69) is 29.4 Å². The van der Waals surface area contributed by atoms with Crippen LogP contribution in [0.4, 0.5) is 5.69 Å². The summed E-state index contributed by atoms with van der Waals surface area (Å²) < 4.78 is 11.2. The van der Waals surface area contributed by atoms with Crippen LogP contribution in [0.3, 0.4) is 0 Å². The molecule has 23 heavy (non-hydrogen) atoms. The zero-order valence-corrected chi connectivity index (χ0v) is 14.6. The summed E-state index contributed by atoms with van der Waals surface area (Å²) in [6, 6.07) is 5.15. The van der Waals surface area contributed by atoms with Crippen LogP contribution in [0.5, 0.6) is 11.5 Å². The van der Waals surface area contributed by atoms with E-state index in [1.165, 1.54) is 50.6 Å². The Bertz CT molecular complexity index is 495. The first-order chi connectivity index (χ1) is 11.3. The summed E-state index contributed by atoms with van der Waals surface area (Å²) in [5.41, 5.74) is 2.40. The molecule has 0 aromatic heterocycles. The summed E-state index contributed by atoms with van der Waals surface area (Å²) in [6.45, 7) is 2.74. The van der Waals surface area contributed by atoms with Gasteiger partial charge >= 0.3 is 0 Å². The molecule has 0 bridgehead atoms. The van der Waals surface area contributed by atoms with E-state index < -0.39 is 0 Å². The molecule has 1 aliphatic heterocycles. The zero-order chi connectivity index (χ0) is 16.1. The average molecular weight is 318 g/mol. The van der Waals surface area contributed by atoms with Gasteiger partial charge in [-0.15, -0.1) is 0 Å². The van der Waals surface area contributed by atoms with Crippen LogP contribution in [0.1, 0.15) is 44.1 Å². The number of hydrogen-bond acceptors (Lipinski definition) is 4. The highest BCUT2D eigenvalue weighted by molar-refractivity contribution is 5.66. The van der Waals surface area contributed by atoms with Gasteiger partial charge in [-0.3, -0.25) is 0 Å². The number of hydrogen-bond donors (Lipinski definition) is 1. The van der Waals surface area contributed by atoms with E-state index in [1.54, 1.807) is 7.11 Å². The molecule has 0 atom stereocenters. The lowest BCUT2D eigenvalue weighted by Crippen LogP contribution is -2.34. The third kappa shape index (κ3) is 4.11. The van der Waals surface area contributed by atoms with Crippen LogP contribution in [-0.4, -0.2) is 44.8 Å². The number of fused-ring (bicyclic) bond motifs is 1. The lowest BCUT2D eigenvalue weighted by Gasteiger charge is -2.31. The van der Waals surface area contributed by atoms with Gasteiger partial charge in [-0.05, 0) is 57.0 Å². The lowest BCUT2D eigenvalue weighted by atomic mass is 9.94. The van der Waals surface area contributed by atoms with Gasteiger partial charge in [0.05, 0.1) is 12.8 Å². The van der Waals surface area contributed by atoms with Crippen LogP contribution >= 0.6 is 0 Å². The van der Waals surface area contributed by atoms with Crippen molar-refractivity contribution in [2.24, 2.45) is 0 Å². The van der Waals surface area contributed by atoms with E-state index in [0.29, 0.717) is 6.61 Å². The van der Waals surface area contributed by atoms with Crippen LogP contribution < -0.4 is 14.8 Å². The fourth-order valence-electron chi connectivity index (χ4n) is 3.81. The Balaban J connectivity index is 1.55. The molecule has 2 aliphatic rings. The standard InChI is InChI=1S/C19H30N2O2/c1-21(16-8-4-3-5-9-16)11-6-7-15-13-17-19(18(14-15)22-2)23-12-10-20-17/h13-14,16,20H,3-12H2,1-2H3. The number of rotatable bonds is 6. The molecule has 1 aromatic rings. The Morgan fingerprint density at radius 2 is 2.09 bits per heavy atom. The number of ether oxygens (including phenoxy) is 2. The van der Waals surface area contributed by atoms with Crippen LogP contribution in [0.2, 0.25) is 0 Å². The molecule has 1 heterocycles. The molecule has 0 radical (unpaired) electrons. The van der Waals surface area contributed by atoms with Crippen molar-refractivity contribution in [2.75, 3.05) is 39.2 Å². The topological polar surface area (TPSA) is 33.7 Å². The van der Waals surface area contributed by atoms with Crippen LogP contribution in [0, 0.1) is 0 Å². The van der Waals surface area contributed by atoms with Gasteiger partial charge in [0.2, 0.25) is 0 Å². The highest BCUT2D eigenvalue weighted by Crippen LogP contribution is 2.38. The molecule has 1 fully saturated rings. The van der Waals surface area contributed by atoms with E-state index in [4.69, 9.17) is 9.47 Å². The van der Waals surface area contributed by atoms with Gasteiger partial charge in [-0.1, -0.05) is 19.3 Å². The van der Waals surface area contributed by atoms with Gasteiger partial charge in [0.25, 0.3) is 0 Å². The third-order valence-electron chi connectivity index (χ3n) is 5.17. The van der Waals surface area contributed by atoms with Crippen molar-refractivity contribution in [3.63, 3.8) is 0 Å². The smallest absolute Gasteiger partial charge is 0.184 e. The van der Waals surface area contributed by atoms with Crippen molar-refractivity contribution in [3.8, 4) is 11.5 Å². The molecule has 0 amide bonds. The molecule has 3 rings (SSSR count). The van der Waals surface area contributed by atoms with Crippen LogP contribution in [0.15, 0.2) is 12.1 Å². The first kappa shape index (κ1) is 16.4. The molecule has 128 valence electrons. The minimum atomic E-state index is 0.703. The Labute approximate surface area is 140 Å². The van der Waals surface area contributed by atoms with Crippen LogP contribution in [-0.2, 0) is 6.42 Å². The van der Waals surface area contributed by atoms with E-state index in [0.717, 1.165) is 36.2 Å². The fourth-order valence-corrected chi connectivity index (χ4v) is 3.81. The highest BCUT2D eigenvalue weighted by atomic mass is 16.5. The predicted molar refractivity (Wildman–Crippen MR) is 94.8 cm³/mol. The number of anilines is 1. The number of nitrogens with one attached hydrogen (secondary N) is 1. The summed E-state index contributed by atoms with van der Waals surface area (Å²) in [7, 11) is 4.01. The largest absolute Gasteiger partial charge is 0.493 e. The van der Waals surface area contributed by atoms with Gasteiger partial charge in [0.15, 0.2) is 11.5 Å². The fraction of sp³-hybridized carbons (Fsp3) is 0.684. The molecule has 0 unspecified atom stereocenters. The van der Waals surface area contributed by atoms with Gasteiger partial charge < -0.3 is 19.7 Å². The van der Waals surface area contributed by atoms with E-state index in [-0.39, 0.29) is 0 Å². The Morgan fingerprint density at radius 3 is 2.87 bits per heavy atom. The second kappa shape index (κ2) is 7.91. The summed E-state index contributed by atoms with van der Waals surface area (Å²) >= 11 is 0. The van der Waals surface area contributed by atoms with Gasteiger partial charge in [0, 0.05) is 12.6 Å². The highest BCUT2D eigenvalue weighted by Gasteiger charge is 2.19. The molecule has 1 aliphatic carbocycles.